The van der Waals surface area contributed by atoms with Gasteiger partial charge in [-0.3, -0.25) is 4.79 Å². The normalized spacial score (nSPS) is 18.4. The molecule has 7 heteroatoms. The van der Waals surface area contributed by atoms with Crippen LogP contribution in [-0.2, 0) is 9.59 Å². The van der Waals surface area contributed by atoms with E-state index in [1.165, 1.54) is 4.90 Å². The lowest BCUT2D eigenvalue weighted by Crippen LogP contribution is -2.28. The summed E-state index contributed by atoms with van der Waals surface area (Å²) in [6.07, 6.45) is 2.36. The molecule has 0 saturated carbocycles. The van der Waals surface area contributed by atoms with Crippen LogP contribution in [0.3, 0.4) is 0 Å². The number of hydrogen-bond donors (Lipinski definition) is 2. The Labute approximate surface area is 119 Å². The maximum atomic E-state index is 14.0. The number of halogens is 2. The molecule has 21 heavy (non-hydrogen) atoms. The Bertz CT molecular complexity index is 593. The zero-order chi connectivity index (χ0) is 15.6. The number of nitrogens with two attached hydrogens (primary N) is 1. The maximum absolute atomic E-state index is 14.0. The van der Waals surface area contributed by atoms with Gasteiger partial charge in [0.1, 0.15) is 17.3 Å². The summed E-state index contributed by atoms with van der Waals surface area (Å²) < 4.78 is 28.1. The quantitative estimate of drug-likeness (QED) is 0.822. The number of rotatable bonds is 4. The molecule has 1 unspecified atom stereocenters. The van der Waals surface area contributed by atoms with Crippen molar-refractivity contribution in [3.63, 3.8) is 0 Å². The van der Waals surface area contributed by atoms with E-state index in [-0.39, 0.29) is 17.8 Å². The smallest absolute Gasteiger partial charge is 0.328 e. The molecule has 1 amide bonds. The number of carboxylic acids is 1. The summed E-state index contributed by atoms with van der Waals surface area (Å²) in [6, 6.07) is 2.10. The van der Waals surface area contributed by atoms with Gasteiger partial charge in [0.05, 0.1) is 5.92 Å². The van der Waals surface area contributed by atoms with Gasteiger partial charge in [0.2, 0.25) is 5.91 Å². The first-order valence-electron chi connectivity index (χ1n) is 6.33. The number of anilines is 1. The molecule has 1 aliphatic rings. The molecule has 0 aliphatic carbocycles. The van der Waals surface area contributed by atoms with Crippen molar-refractivity contribution in [3.05, 3.63) is 35.4 Å². The van der Waals surface area contributed by atoms with E-state index in [9.17, 15) is 18.4 Å². The van der Waals surface area contributed by atoms with E-state index in [4.69, 9.17) is 10.8 Å². The standard InChI is InChI=1S/C14H14F2N2O3/c15-10-5-8(1-2-12(19)20)6-11(16)13(10)18-4-3-9(7-18)14(17)21/h1-2,5-6,9H,3-4,7H2,(H2,17,21)(H,19,20)/b2-1+. The SMILES string of the molecule is NC(=O)C1CCN(c2c(F)cc(/C=C/C(=O)O)cc2F)C1. The molecule has 1 aromatic rings. The summed E-state index contributed by atoms with van der Waals surface area (Å²) in [5, 5.41) is 8.50. The number of carbonyl (C=O) groups excluding carboxylic acids is 1. The van der Waals surface area contributed by atoms with E-state index in [0.29, 0.717) is 13.0 Å². The molecule has 0 aromatic heterocycles. The zero-order valence-electron chi connectivity index (χ0n) is 11.1. The number of amides is 1. The molecule has 0 spiro atoms. The molecule has 112 valence electrons. The summed E-state index contributed by atoms with van der Waals surface area (Å²) in [4.78, 5) is 22.9. The predicted molar refractivity (Wildman–Crippen MR) is 72.5 cm³/mol. The molecular formula is C14H14F2N2O3. The summed E-state index contributed by atoms with van der Waals surface area (Å²) in [5.74, 6) is -3.71. The lowest BCUT2D eigenvalue weighted by molar-refractivity contribution is -0.131. The van der Waals surface area contributed by atoms with Crippen LogP contribution < -0.4 is 10.6 Å². The Morgan fingerprint density at radius 2 is 1.95 bits per heavy atom. The fourth-order valence-corrected chi connectivity index (χ4v) is 2.35. The Morgan fingerprint density at radius 1 is 1.33 bits per heavy atom. The van der Waals surface area contributed by atoms with Crippen molar-refractivity contribution in [1.29, 1.82) is 0 Å². The summed E-state index contributed by atoms with van der Waals surface area (Å²) in [5.41, 5.74) is 5.08. The fraction of sp³-hybridized carbons (Fsp3) is 0.286. The number of aliphatic carboxylic acids is 1. The topological polar surface area (TPSA) is 83.6 Å². The lowest BCUT2D eigenvalue weighted by atomic mass is 10.1. The van der Waals surface area contributed by atoms with Gasteiger partial charge in [-0.2, -0.15) is 0 Å². The Kier molecular flexibility index (Phi) is 4.21. The second kappa shape index (κ2) is 5.90. The highest BCUT2D eigenvalue weighted by molar-refractivity contribution is 5.85. The third kappa shape index (κ3) is 3.36. The van der Waals surface area contributed by atoms with E-state index in [0.717, 1.165) is 24.3 Å². The van der Waals surface area contributed by atoms with Gasteiger partial charge < -0.3 is 15.7 Å². The van der Waals surface area contributed by atoms with Crippen LogP contribution >= 0.6 is 0 Å². The van der Waals surface area contributed by atoms with Gasteiger partial charge in [-0.05, 0) is 30.2 Å². The van der Waals surface area contributed by atoms with Crippen LogP contribution in [0, 0.1) is 17.6 Å². The highest BCUT2D eigenvalue weighted by Crippen LogP contribution is 2.30. The van der Waals surface area contributed by atoms with Crippen molar-refractivity contribution in [3.8, 4) is 0 Å². The van der Waals surface area contributed by atoms with Crippen molar-refractivity contribution < 1.29 is 23.5 Å². The van der Waals surface area contributed by atoms with Crippen molar-refractivity contribution in [2.45, 2.75) is 6.42 Å². The Morgan fingerprint density at radius 3 is 2.43 bits per heavy atom. The molecule has 1 heterocycles. The Hall–Kier alpha value is -2.44. The third-order valence-electron chi connectivity index (χ3n) is 3.36. The van der Waals surface area contributed by atoms with Crippen molar-refractivity contribution in [2.24, 2.45) is 11.7 Å². The van der Waals surface area contributed by atoms with Crippen LogP contribution in [0.15, 0.2) is 18.2 Å². The van der Waals surface area contributed by atoms with E-state index < -0.39 is 29.4 Å². The number of benzene rings is 1. The predicted octanol–water partition coefficient (Wildman–Crippen LogP) is 1.37. The van der Waals surface area contributed by atoms with Gasteiger partial charge in [-0.1, -0.05) is 0 Å². The molecule has 0 radical (unpaired) electrons. The average Bonchev–Trinajstić information content (AvgIpc) is 2.85. The summed E-state index contributed by atoms with van der Waals surface area (Å²) >= 11 is 0. The first-order chi connectivity index (χ1) is 9.88. The summed E-state index contributed by atoms with van der Waals surface area (Å²) in [6.45, 7) is 0.513. The van der Waals surface area contributed by atoms with E-state index in [1.54, 1.807) is 0 Å². The second-order valence-electron chi connectivity index (χ2n) is 4.84. The highest BCUT2D eigenvalue weighted by atomic mass is 19.1. The van der Waals surface area contributed by atoms with Gasteiger partial charge >= 0.3 is 5.97 Å². The number of hydrogen-bond acceptors (Lipinski definition) is 3. The minimum Gasteiger partial charge on any atom is -0.478 e. The van der Waals surface area contributed by atoms with E-state index in [1.807, 2.05) is 0 Å². The van der Waals surface area contributed by atoms with Crippen molar-refractivity contribution in [1.82, 2.24) is 0 Å². The molecular weight excluding hydrogens is 282 g/mol. The Balaban J connectivity index is 2.26. The summed E-state index contributed by atoms with van der Waals surface area (Å²) in [7, 11) is 0. The van der Waals surface area contributed by atoms with Gasteiger partial charge in [-0.25, -0.2) is 13.6 Å². The maximum Gasteiger partial charge on any atom is 0.328 e. The number of nitrogens with zero attached hydrogens (tertiary/aromatic N) is 1. The first-order valence-corrected chi connectivity index (χ1v) is 6.33. The molecule has 1 aromatic carbocycles. The monoisotopic (exact) mass is 296 g/mol. The fourth-order valence-electron chi connectivity index (χ4n) is 2.35. The number of carbonyl (C=O) groups is 2. The second-order valence-corrected chi connectivity index (χ2v) is 4.84. The van der Waals surface area contributed by atoms with Crippen molar-refractivity contribution >= 4 is 23.6 Å². The third-order valence-corrected chi connectivity index (χ3v) is 3.36. The first kappa shape index (κ1) is 15.0. The molecule has 1 saturated heterocycles. The molecule has 2 rings (SSSR count). The van der Waals surface area contributed by atoms with Crippen LogP contribution in [-0.4, -0.2) is 30.1 Å². The molecule has 3 N–H and O–H groups in total. The van der Waals surface area contributed by atoms with E-state index >= 15 is 0 Å². The van der Waals surface area contributed by atoms with Crippen LogP contribution in [0.5, 0.6) is 0 Å². The zero-order valence-corrected chi connectivity index (χ0v) is 11.1. The van der Waals surface area contributed by atoms with Gasteiger partial charge in [0.15, 0.2) is 0 Å². The number of carboxylic acid groups (broad SMARTS) is 1. The highest BCUT2D eigenvalue weighted by Gasteiger charge is 2.30. The van der Waals surface area contributed by atoms with Gasteiger partial charge in [0, 0.05) is 19.2 Å². The molecule has 5 nitrogen and oxygen atoms in total. The van der Waals surface area contributed by atoms with Crippen LogP contribution in [0.4, 0.5) is 14.5 Å². The van der Waals surface area contributed by atoms with Crippen LogP contribution in [0.25, 0.3) is 6.08 Å². The largest absolute Gasteiger partial charge is 0.478 e. The van der Waals surface area contributed by atoms with Crippen molar-refractivity contribution in [2.75, 3.05) is 18.0 Å². The molecule has 1 atom stereocenters. The minimum absolute atomic E-state index is 0.113. The molecule has 1 fully saturated rings. The minimum atomic E-state index is -1.20. The van der Waals surface area contributed by atoms with Gasteiger partial charge in [-0.15, -0.1) is 0 Å². The number of primary amides is 1. The molecule has 1 aliphatic heterocycles. The lowest BCUT2D eigenvalue weighted by Gasteiger charge is -2.20. The van der Waals surface area contributed by atoms with Gasteiger partial charge in [0.25, 0.3) is 0 Å². The molecule has 0 bridgehead atoms. The van der Waals surface area contributed by atoms with E-state index in [2.05, 4.69) is 0 Å². The average molecular weight is 296 g/mol. The van der Waals surface area contributed by atoms with Crippen LogP contribution in [0.1, 0.15) is 12.0 Å². The van der Waals surface area contributed by atoms with Crippen LogP contribution in [0.2, 0.25) is 0 Å².